The molecule has 2 N–H and O–H groups in total. The summed E-state index contributed by atoms with van der Waals surface area (Å²) in [6.45, 7) is 5.03. The van der Waals surface area contributed by atoms with Gasteiger partial charge in [0.2, 0.25) is 10.0 Å². The Hall–Kier alpha value is -2.09. The summed E-state index contributed by atoms with van der Waals surface area (Å²) < 4.78 is 32.4. The first-order valence-electron chi connectivity index (χ1n) is 7.98. The molecule has 0 aliphatic carbocycles. The van der Waals surface area contributed by atoms with Crippen LogP contribution in [0.2, 0.25) is 5.02 Å². The SMILES string of the molecule is Cc1cc(S(=O)(=O)NC(C)C)ccc1OCC(=O)Nc1ccc(Cl)cc1. The van der Waals surface area contributed by atoms with Crippen molar-refractivity contribution >= 4 is 33.2 Å². The van der Waals surface area contributed by atoms with Crippen molar-refractivity contribution in [1.82, 2.24) is 4.72 Å². The summed E-state index contributed by atoms with van der Waals surface area (Å²) in [7, 11) is -3.57. The van der Waals surface area contributed by atoms with Crippen molar-refractivity contribution < 1.29 is 17.9 Å². The maximum atomic E-state index is 12.2. The third kappa shape index (κ3) is 5.72. The molecule has 1 amide bonds. The van der Waals surface area contributed by atoms with E-state index in [1.165, 1.54) is 12.1 Å². The summed E-state index contributed by atoms with van der Waals surface area (Å²) in [4.78, 5) is 12.1. The standard InChI is InChI=1S/C18H21ClN2O4S/c1-12(2)21-26(23,24)16-8-9-17(13(3)10-16)25-11-18(22)20-15-6-4-14(19)5-7-15/h4-10,12,21H,11H2,1-3H3,(H,20,22). The molecular weight excluding hydrogens is 376 g/mol. The zero-order chi connectivity index (χ0) is 19.3. The molecule has 26 heavy (non-hydrogen) atoms. The van der Waals surface area contributed by atoms with E-state index < -0.39 is 10.0 Å². The van der Waals surface area contributed by atoms with E-state index in [1.54, 1.807) is 51.1 Å². The second-order valence-corrected chi connectivity index (χ2v) is 8.20. The first kappa shape index (κ1) is 20.2. The van der Waals surface area contributed by atoms with Crippen LogP contribution in [0.25, 0.3) is 0 Å². The molecule has 6 nitrogen and oxygen atoms in total. The topological polar surface area (TPSA) is 84.5 Å². The maximum absolute atomic E-state index is 12.2. The summed E-state index contributed by atoms with van der Waals surface area (Å²) in [5.41, 5.74) is 1.23. The van der Waals surface area contributed by atoms with Gasteiger partial charge in [-0.3, -0.25) is 4.79 Å². The Bertz CT molecular complexity index is 881. The van der Waals surface area contributed by atoms with E-state index in [9.17, 15) is 13.2 Å². The normalized spacial score (nSPS) is 11.4. The van der Waals surface area contributed by atoms with Gasteiger partial charge >= 0.3 is 0 Å². The molecule has 2 rings (SSSR count). The molecular formula is C18H21ClN2O4S. The van der Waals surface area contributed by atoms with E-state index in [0.29, 0.717) is 22.0 Å². The monoisotopic (exact) mass is 396 g/mol. The van der Waals surface area contributed by atoms with Crippen LogP contribution in [0.4, 0.5) is 5.69 Å². The van der Waals surface area contributed by atoms with E-state index >= 15 is 0 Å². The van der Waals surface area contributed by atoms with Crippen molar-refractivity contribution in [3.8, 4) is 5.75 Å². The summed E-state index contributed by atoms with van der Waals surface area (Å²) in [6.07, 6.45) is 0. The fraction of sp³-hybridized carbons (Fsp3) is 0.278. The zero-order valence-corrected chi connectivity index (χ0v) is 16.3. The molecule has 0 saturated carbocycles. The van der Waals surface area contributed by atoms with E-state index in [2.05, 4.69) is 10.0 Å². The van der Waals surface area contributed by atoms with Gasteiger partial charge in [-0.05, 0) is 68.8 Å². The number of rotatable bonds is 7. The van der Waals surface area contributed by atoms with Gasteiger partial charge in [-0.15, -0.1) is 0 Å². The van der Waals surface area contributed by atoms with Crippen molar-refractivity contribution in [2.75, 3.05) is 11.9 Å². The summed E-state index contributed by atoms with van der Waals surface area (Å²) in [5.74, 6) is 0.115. The molecule has 0 aromatic heterocycles. The highest BCUT2D eigenvalue weighted by molar-refractivity contribution is 7.89. The first-order chi connectivity index (χ1) is 12.2. The molecule has 0 aliphatic heterocycles. The van der Waals surface area contributed by atoms with Gasteiger partial charge < -0.3 is 10.1 Å². The molecule has 0 heterocycles. The average Bonchev–Trinajstić information content (AvgIpc) is 2.54. The van der Waals surface area contributed by atoms with E-state index in [1.807, 2.05) is 0 Å². The van der Waals surface area contributed by atoms with Crippen molar-refractivity contribution in [1.29, 1.82) is 0 Å². The quantitative estimate of drug-likeness (QED) is 0.751. The van der Waals surface area contributed by atoms with Crippen molar-refractivity contribution in [2.24, 2.45) is 0 Å². The lowest BCUT2D eigenvalue weighted by Gasteiger charge is -2.13. The number of amides is 1. The summed E-state index contributed by atoms with van der Waals surface area (Å²) >= 11 is 5.79. The van der Waals surface area contributed by atoms with Crippen molar-refractivity contribution in [3.05, 3.63) is 53.1 Å². The summed E-state index contributed by atoms with van der Waals surface area (Å²) in [5, 5.41) is 3.27. The van der Waals surface area contributed by atoms with Gasteiger partial charge in [0.1, 0.15) is 5.75 Å². The number of sulfonamides is 1. The number of anilines is 1. The van der Waals surface area contributed by atoms with E-state index in [-0.39, 0.29) is 23.5 Å². The highest BCUT2D eigenvalue weighted by Gasteiger charge is 2.16. The van der Waals surface area contributed by atoms with Crippen LogP contribution < -0.4 is 14.8 Å². The number of carbonyl (C=O) groups excluding carboxylic acids is 1. The Morgan fingerprint density at radius 2 is 1.81 bits per heavy atom. The van der Waals surface area contributed by atoms with Gasteiger partial charge in [-0.1, -0.05) is 11.6 Å². The molecule has 140 valence electrons. The molecule has 8 heteroatoms. The average molecular weight is 397 g/mol. The van der Waals surface area contributed by atoms with Crippen molar-refractivity contribution in [2.45, 2.75) is 31.7 Å². The van der Waals surface area contributed by atoms with Gasteiger partial charge in [-0.25, -0.2) is 13.1 Å². The van der Waals surface area contributed by atoms with Gasteiger partial charge in [0.05, 0.1) is 4.90 Å². The minimum absolute atomic E-state index is 0.154. The van der Waals surface area contributed by atoms with Crippen LogP contribution in [-0.4, -0.2) is 27.0 Å². The minimum Gasteiger partial charge on any atom is -0.483 e. The van der Waals surface area contributed by atoms with Crippen LogP contribution in [0.5, 0.6) is 5.75 Å². The number of ether oxygens (including phenoxy) is 1. The number of hydrogen-bond acceptors (Lipinski definition) is 4. The van der Waals surface area contributed by atoms with Crippen LogP contribution in [0.3, 0.4) is 0 Å². The number of nitrogens with one attached hydrogen (secondary N) is 2. The fourth-order valence-electron chi connectivity index (χ4n) is 2.20. The molecule has 0 fully saturated rings. The molecule has 2 aromatic carbocycles. The second kappa shape index (κ2) is 8.53. The van der Waals surface area contributed by atoms with Crippen molar-refractivity contribution in [3.63, 3.8) is 0 Å². The molecule has 2 aromatic rings. The maximum Gasteiger partial charge on any atom is 0.262 e. The largest absolute Gasteiger partial charge is 0.483 e. The Kier molecular flexibility index (Phi) is 6.63. The molecule has 0 unspecified atom stereocenters. The second-order valence-electron chi connectivity index (χ2n) is 6.05. The minimum atomic E-state index is -3.57. The van der Waals surface area contributed by atoms with Crippen LogP contribution in [-0.2, 0) is 14.8 Å². The van der Waals surface area contributed by atoms with Crippen LogP contribution >= 0.6 is 11.6 Å². The molecule has 0 aliphatic rings. The van der Waals surface area contributed by atoms with Gasteiger partial charge in [-0.2, -0.15) is 0 Å². The first-order valence-corrected chi connectivity index (χ1v) is 9.84. The van der Waals surface area contributed by atoms with Gasteiger partial charge in [0.25, 0.3) is 5.91 Å². The Morgan fingerprint density at radius 1 is 1.15 bits per heavy atom. The lowest BCUT2D eigenvalue weighted by molar-refractivity contribution is -0.118. The predicted octanol–water partition coefficient (Wildman–Crippen LogP) is 3.35. The number of hydrogen-bond donors (Lipinski definition) is 2. The van der Waals surface area contributed by atoms with Crippen LogP contribution in [0, 0.1) is 6.92 Å². The highest BCUT2D eigenvalue weighted by atomic mass is 35.5. The number of aryl methyl sites for hydroxylation is 1. The zero-order valence-electron chi connectivity index (χ0n) is 14.7. The van der Waals surface area contributed by atoms with Crippen LogP contribution in [0.15, 0.2) is 47.4 Å². The van der Waals surface area contributed by atoms with E-state index in [0.717, 1.165) is 0 Å². The Balaban J connectivity index is 1.99. The third-order valence-corrected chi connectivity index (χ3v) is 5.24. The molecule has 0 radical (unpaired) electrons. The predicted molar refractivity (Wildman–Crippen MR) is 102 cm³/mol. The third-order valence-electron chi connectivity index (χ3n) is 3.33. The molecule has 0 spiro atoms. The Morgan fingerprint density at radius 3 is 2.38 bits per heavy atom. The lowest BCUT2D eigenvalue weighted by Crippen LogP contribution is -2.30. The van der Waals surface area contributed by atoms with Crippen LogP contribution in [0.1, 0.15) is 19.4 Å². The molecule has 0 atom stereocenters. The number of carbonyl (C=O) groups is 1. The smallest absolute Gasteiger partial charge is 0.262 e. The lowest BCUT2D eigenvalue weighted by atomic mass is 10.2. The highest BCUT2D eigenvalue weighted by Crippen LogP contribution is 2.22. The summed E-state index contributed by atoms with van der Waals surface area (Å²) in [6, 6.07) is 11.0. The van der Waals surface area contributed by atoms with E-state index in [4.69, 9.17) is 16.3 Å². The van der Waals surface area contributed by atoms with Gasteiger partial charge in [0, 0.05) is 16.8 Å². The Labute approximate surface area is 158 Å². The molecule has 0 bridgehead atoms. The fourth-order valence-corrected chi connectivity index (χ4v) is 3.66. The number of halogens is 1. The number of benzene rings is 2. The molecule has 0 saturated heterocycles. The van der Waals surface area contributed by atoms with Gasteiger partial charge in [0.15, 0.2) is 6.61 Å².